The molecule has 0 radical (unpaired) electrons. The van der Waals surface area contributed by atoms with Crippen LogP contribution in [0.25, 0.3) is 0 Å². The monoisotopic (exact) mass is 322 g/mol. The van der Waals surface area contributed by atoms with Gasteiger partial charge in [-0.25, -0.2) is 8.42 Å². The molecule has 0 aromatic carbocycles. The summed E-state index contributed by atoms with van der Waals surface area (Å²) in [5.74, 6) is -3.01. The van der Waals surface area contributed by atoms with Gasteiger partial charge >= 0.3 is 11.9 Å². The van der Waals surface area contributed by atoms with Crippen LogP contribution in [0.2, 0.25) is 0 Å². The molecule has 0 bridgehead atoms. The largest absolute Gasteiger partial charge is 0.481 e. The van der Waals surface area contributed by atoms with Crippen molar-refractivity contribution in [3.8, 4) is 0 Å². The Morgan fingerprint density at radius 2 is 1.14 bits per heavy atom. The van der Waals surface area contributed by atoms with Gasteiger partial charge in [0.15, 0.2) is 9.84 Å². The Kier molecular flexibility index (Phi) is 7.92. The second-order valence-corrected chi connectivity index (χ2v) is 8.02. The number of rotatable bonds is 10. The Balaban J connectivity index is 5.66. The maximum absolute atomic E-state index is 12.8. The van der Waals surface area contributed by atoms with Crippen molar-refractivity contribution in [2.24, 2.45) is 11.8 Å². The number of hydrogen-bond acceptors (Lipinski definition) is 4. The highest BCUT2D eigenvalue weighted by atomic mass is 32.2. The van der Waals surface area contributed by atoms with E-state index < -0.39 is 45.1 Å². The molecule has 0 saturated carbocycles. The molecule has 0 spiro atoms. The molecule has 21 heavy (non-hydrogen) atoms. The fourth-order valence-corrected chi connectivity index (χ4v) is 5.26. The third kappa shape index (κ3) is 5.65. The van der Waals surface area contributed by atoms with Crippen molar-refractivity contribution >= 4 is 21.8 Å². The van der Waals surface area contributed by atoms with Crippen molar-refractivity contribution in [3.63, 3.8) is 0 Å². The molecule has 0 aliphatic heterocycles. The fraction of sp³-hybridized carbons (Fsp3) is 0.857. The van der Waals surface area contributed by atoms with Crippen LogP contribution in [0.5, 0.6) is 0 Å². The van der Waals surface area contributed by atoms with E-state index in [1.807, 2.05) is 0 Å². The van der Waals surface area contributed by atoms with E-state index in [0.29, 0.717) is 12.8 Å². The highest BCUT2D eigenvalue weighted by Gasteiger charge is 2.41. The lowest BCUT2D eigenvalue weighted by Gasteiger charge is -2.29. The van der Waals surface area contributed by atoms with Crippen LogP contribution in [0, 0.1) is 11.8 Å². The van der Waals surface area contributed by atoms with Gasteiger partial charge in [0.05, 0.1) is 23.3 Å². The first-order chi connectivity index (χ1) is 9.57. The van der Waals surface area contributed by atoms with E-state index >= 15 is 0 Å². The molecule has 0 aliphatic rings. The van der Waals surface area contributed by atoms with Gasteiger partial charge in [0.1, 0.15) is 0 Å². The molecule has 0 saturated heterocycles. The molecule has 124 valence electrons. The highest BCUT2D eigenvalue weighted by Crippen LogP contribution is 2.29. The zero-order chi connectivity index (χ0) is 16.8. The molecule has 0 heterocycles. The molecule has 6 nitrogen and oxygen atoms in total. The smallest absolute Gasteiger partial charge is 0.304 e. The third-order valence-corrected chi connectivity index (χ3v) is 7.10. The van der Waals surface area contributed by atoms with E-state index in [1.54, 1.807) is 27.7 Å². The van der Waals surface area contributed by atoms with E-state index in [4.69, 9.17) is 10.2 Å². The molecule has 7 heteroatoms. The number of carboxylic acid groups (broad SMARTS) is 2. The van der Waals surface area contributed by atoms with Crippen molar-refractivity contribution in [2.45, 2.75) is 63.9 Å². The fourth-order valence-electron chi connectivity index (χ4n) is 2.38. The second-order valence-electron chi connectivity index (χ2n) is 5.63. The molecule has 0 rings (SSSR count). The van der Waals surface area contributed by atoms with Crippen LogP contribution < -0.4 is 0 Å². The van der Waals surface area contributed by atoms with Crippen LogP contribution in [0.15, 0.2) is 0 Å². The van der Waals surface area contributed by atoms with Crippen LogP contribution in [-0.4, -0.2) is 41.1 Å². The van der Waals surface area contributed by atoms with Gasteiger partial charge in [0.25, 0.3) is 0 Å². The Labute approximate surface area is 126 Å². The predicted octanol–water partition coefficient (Wildman–Crippen LogP) is 2.18. The molecule has 0 aromatic heterocycles. The molecule has 0 aromatic rings. The average molecular weight is 322 g/mol. The molecule has 0 amide bonds. The minimum atomic E-state index is -3.84. The van der Waals surface area contributed by atoms with Crippen LogP contribution in [-0.2, 0) is 19.4 Å². The molecule has 0 fully saturated rings. The summed E-state index contributed by atoms with van der Waals surface area (Å²) in [6.45, 7) is 6.98. The standard InChI is InChI=1S/C14H26O6S/c1-5-9(3)11(7-13(15)16)21(19,20)12(8-14(17)18)10(4)6-2/h9-12H,5-8H2,1-4H3,(H,15,16)(H,17,18). The maximum atomic E-state index is 12.8. The van der Waals surface area contributed by atoms with E-state index in [-0.39, 0.29) is 11.8 Å². The van der Waals surface area contributed by atoms with Gasteiger partial charge in [0.2, 0.25) is 0 Å². The minimum absolute atomic E-state index is 0.327. The quantitative estimate of drug-likeness (QED) is 0.638. The molecular formula is C14H26O6S. The van der Waals surface area contributed by atoms with Crippen molar-refractivity contribution in [3.05, 3.63) is 0 Å². The van der Waals surface area contributed by atoms with E-state index in [9.17, 15) is 18.0 Å². The predicted molar refractivity (Wildman–Crippen MR) is 79.9 cm³/mol. The van der Waals surface area contributed by atoms with Crippen LogP contribution in [0.4, 0.5) is 0 Å². The first kappa shape index (κ1) is 19.9. The average Bonchev–Trinajstić information content (AvgIpc) is 2.39. The number of hydrogen-bond donors (Lipinski definition) is 2. The van der Waals surface area contributed by atoms with E-state index in [2.05, 4.69) is 0 Å². The normalized spacial score (nSPS) is 17.7. The Hall–Kier alpha value is -1.11. The van der Waals surface area contributed by atoms with Gasteiger partial charge in [-0.05, 0) is 11.8 Å². The molecule has 4 atom stereocenters. The summed E-state index contributed by atoms with van der Waals surface area (Å²) in [7, 11) is -3.84. The van der Waals surface area contributed by atoms with E-state index in [0.717, 1.165) is 0 Å². The molecule has 4 unspecified atom stereocenters. The molecule has 2 N–H and O–H groups in total. The Bertz CT molecular complexity index is 420. The Morgan fingerprint density at radius 3 is 1.33 bits per heavy atom. The van der Waals surface area contributed by atoms with Gasteiger partial charge < -0.3 is 10.2 Å². The zero-order valence-electron chi connectivity index (χ0n) is 13.1. The second kappa shape index (κ2) is 8.36. The number of sulfone groups is 1. The van der Waals surface area contributed by atoms with Crippen LogP contribution in [0.3, 0.4) is 0 Å². The summed E-state index contributed by atoms with van der Waals surface area (Å²) in [5.41, 5.74) is 0. The van der Waals surface area contributed by atoms with Gasteiger partial charge in [-0.2, -0.15) is 0 Å². The summed E-state index contributed by atoms with van der Waals surface area (Å²) < 4.78 is 25.6. The zero-order valence-corrected chi connectivity index (χ0v) is 13.9. The lowest BCUT2D eigenvalue weighted by atomic mass is 10.0. The first-order valence-corrected chi connectivity index (χ1v) is 8.85. The van der Waals surface area contributed by atoms with Crippen molar-refractivity contribution < 1.29 is 28.2 Å². The maximum Gasteiger partial charge on any atom is 0.304 e. The van der Waals surface area contributed by atoms with Crippen molar-refractivity contribution in [2.75, 3.05) is 0 Å². The summed E-state index contributed by atoms with van der Waals surface area (Å²) >= 11 is 0. The van der Waals surface area contributed by atoms with Gasteiger partial charge in [-0.3, -0.25) is 9.59 Å². The topological polar surface area (TPSA) is 109 Å². The van der Waals surface area contributed by atoms with Gasteiger partial charge in [-0.15, -0.1) is 0 Å². The highest BCUT2D eigenvalue weighted by molar-refractivity contribution is 7.92. The molecule has 0 aliphatic carbocycles. The van der Waals surface area contributed by atoms with Gasteiger partial charge in [0, 0.05) is 0 Å². The van der Waals surface area contributed by atoms with Crippen LogP contribution >= 0.6 is 0 Å². The summed E-state index contributed by atoms with van der Waals surface area (Å²) in [6, 6.07) is 0. The van der Waals surface area contributed by atoms with E-state index in [1.165, 1.54) is 0 Å². The summed E-state index contributed by atoms with van der Waals surface area (Å²) in [6.07, 6.45) is 0.0860. The lowest BCUT2D eigenvalue weighted by molar-refractivity contribution is -0.138. The third-order valence-electron chi connectivity index (χ3n) is 4.15. The summed E-state index contributed by atoms with van der Waals surface area (Å²) in [4.78, 5) is 22.0. The molecular weight excluding hydrogens is 296 g/mol. The number of aliphatic carboxylic acids is 2. The van der Waals surface area contributed by atoms with Gasteiger partial charge in [-0.1, -0.05) is 40.5 Å². The first-order valence-electron chi connectivity index (χ1n) is 7.24. The summed E-state index contributed by atoms with van der Waals surface area (Å²) in [5, 5.41) is 15.9. The van der Waals surface area contributed by atoms with Crippen molar-refractivity contribution in [1.29, 1.82) is 0 Å². The van der Waals surface area contributed by atoms with Crippen molar-refractivity contribution in [1.82, 2.24) is 0 Å². The lowest BCUT2D eigenvalue weighted by Crippen LogP contribution is -2.41. The Morgan fingerprint density at radius 1 is 0.857 bits per heavy atom. The SMILES string of the molecule is CCC(C)C(CC(=O)O)S(=O)(=O)C(CC(=O)O)C(C)CC. The minimum Gasteiger partial charge on any atom is -0.481 e. The van der Waals surface area contributed by atoms with Crippen LogP contribution in [0.1, 0.15) is 53.4 Å². The number of carbonyl (C=O) groups is 2. The number of carboxylic acids is 2.